The van der Waals surface area contributed by atoms with E-state index in [1.54, 1.807) is 36.5 Å². The number of rotatable bonds is 59. The minimum atomic E-state index is -2.39. The number of carbonyl (C=O) groups excluding carboxylic acids is 17. The number of nitrogens with zero attached hydrogens (tertiary/aromatic N) is 4. The Bertz CT molecular complexity index is 5480. The van der Waals surface area contributed by atoms with Crippen molar-refractivity contribution in [1.29, 1.82) is 0 Å². The van der Waals surface area contributed by atoms with Crippen LogP contribution in [0.3, 0.4) is 0 Å². The molecule has 4 aromatic carbocycles. The van der Waals surface area contributed by atoms with Crippen LogP contribution in [0.15, 0.2) is 97.5 Å². The maximum absolute atomic E-state index is 15.6. The van der Waals surface area contributed by atoms with E-state index in [0.29, 0.717) is 67.5 Å². The number of aromatic amines is 2. The standard InChI is InChI=1S/C96H130FN23O24/c1-10-61-41-66(143-36-19-18-34-100-87(135)73(51-121)109-78(127)49-104-76(125)47-102-75(124)46-103-77(126)48-105-80(129)52-144-65-23-14-12-11-13-15-24-65)31-32-67(61)62-29-27-59(28-30-62)40-70(88(136)110-69(84(98)132)26-20-21-60-38-54(2)37-55(3)39-60)112-89(137)72(43-81(130)131)111-85(133)56(4)108-90(138)82(57(5)122)115-94(142)96(9,44-63-22-16-17-25-68(63)97)116-91(139)83(58(6)123)114-79(128)50-106-86(134)71(42-74-117-119-120-118-74)113-93(141)95(7,8)92(140)101-35-33-64-45-99-53-107-64/h16-17,22,25,27-32,37-39,41,45,53,56-58,65,69-73,82-83,121-123H,10-14,18-21,23,26,33-36,40,42-44,46-52H2,1-9H3,(H2,98,132)(H,99,107)(H,100,135)(H,101,140)(H,102,124)(H,103,126)(H,104,125)(H,105,129)(H,106,134)(H,108,138)(H,109,127)(H,110,136)(H,111,133)(H,112,137)(H,113,141)(H,114,128)(H,115,142)(H,116,139)(H,130,131)(H,117,118,119,120)/t56-,57+,58+,65?,69-,70-,71-,72-,73+,82-,83-,96?/m0/s1. The molecule has 144 heavy (non-hydrogen) atoms. The Morgan fingerprint density at radius 3 is 1.81 bits per heavy atom. The van der Waals surface area contributed by atoms with Gasteiger partial charge in [0.05, 0.1) is 70.9 Å². The molecular formula is C96H130FN23O24. The minimum absolute atomic E-state index is 0.0445. The maximum Gasteiger partial charge on any atom is 0.305 e. The molecule has 2 aromatic heterocycles. The van der Waals surface area contributed by atoms with E-state index < -0.39 is 242 Å². The third-order valence-electron chi connectivity index (χ3n) is 22.9. The number of amides is 17. The summed E-state index contributed by atoms with van der Waals surface area (Å²) in [6.45, 7) is 8.95. The molecule has 6 aromatic rings. The van der Waals surface area contributed by atoms with Crippen molar-refractivity contribution < 1.29 is 121 Å². The van der Waals surface area contributed by atoms with Gasteiger partial charge in [-0.25, -0.2) is 9.37 Å². The first kappa shape index (κ1) is 116. The summed E-state index contributed by atoms with van der Waals surface area (Å²) in [6, 6.07) is 9.52. The largest absolute Gasteiger partial charge is 0.494 e. The molecule has 2 heterocycles. The molecule has 0 spiro atoms. The number of benzene rings is 4. The summed E-state index contributed by atoms with van der Waals surface area (Å²) >= 11 is 0. The van der Waals surface area contributed by atoms with Crippen LogP contribution in [0.5, 0.6) is 5.75 Å². The monoisotopic (exact) mass is 2010 g/mol. The highest BCUT2D eigenvalue weighted by molar-refractivity contribution is 6.06. The Kier molecular flexibility index (Phi) is 46.8. The molecule has 1 aliphatic carbocycles. The molecule has 0 aliphatic heterocycles. The van der Waals surface area contributed by atoms with Crippen LogP contribution in [0.4, 0.5) is 4.39 Å². The lowest BCUT2D eigenvalue weighted by molar-refractivity contribution is -0.143. The molecule has 2 unspecified atom stereocenters. The molecule has 47 nitrogen and oxygen atoms in total. The summed E-state index contributed by atoms with van der Waals surface area (Å²) < 4.78 is 27.2. The van der Waals surface area contributed by atoms with Crippen LogP contribution >= 0.6 is 0 Å². The van der Waals surface area contributed by atoms with Gasteiger partial charge < -0.3 is 126 Å². The number of aliphatic hydroxyl groups excluding tert-OH is 3. The van der Waals surface area contributed by atoms with Gasteiger partial charge in [0.2, 0.25) is 100 Å². The lowest BCUT2D eigenvalue weighted by atomic mass is 9.90. The number of imidazole rings is 1. The third-order valence-corrected chi connectivity index (χ3v) is 22.9. The number of H-pyrrole nitrogens is 2. The van der Waals surface area contributed by atoms with Crippen molar-refractivity contribution in [2.75, 3.05) is 65.6 Å². The van der Waals surface area contributed by atoms with Crippen molar-refractivity contribution in [2.24, 2.45) is 11.1 Å². The second-order valence-electron chi connectivity index (χ2n) is 35.4. The van der Waals surface area contributed by atoms with Crippen LogP contribution in [0.1, 0.15) is 158 Å². The van der Waals surface area contributed by atoms with E-state index in [0.717, 1.165) is 87.3 Å². The quantitative estimate of drug-likeness (QED) is 0.00984. The molecule has 1 aliphatic rings. The lowest BCUT2D eigenvalue weighted by Crippen LogP contribution is -2.66. The number of carboxylic acids is 1. The summed E-state index contributed by atoms with van der Waals surface area (Å²) in [5.41, 5.74) is 7.94. The van der Waals surface area contributed by atoms with Gasteiger partial charge in [-0.3, -0.25) is 86.3 Å². The van der Waals surface area contributed by atoms with Crippen molar-refractivity contribution >= 4 is 106 Å². The number of nitrogens with one attached hydrogen (secondary N) is 18. The highest BCUT2D eigenvalue weighted by Crippen LogP contribution is 2.30. The second kappa shape index (κ2) is 58.2. The molecule has 0 fully saturated rings. The minimum Gasteiger partial charge on any atom is -0.494 e. The van der Waals surface area contributed by atoms with Gasteiger partial charge in [-0.05, 0) is 165 Å². The number of aromatic nitrogens is 6. The predicted molar refractivity (Wildman–Crippen MR) is 514 cm³/mol. The number of nitrogens with two attached hydrogens (primary N) is 1. The number of carboxylic acid groups (broad SMARTS) is 1. The average molecular weight is 2010 g/mol. The summed E-state index contributed by atoms with van der Waals surface area (Å²) in [6.07, 6.45) is 3.42. The van der Waals surface area contributed by atoms with Gasteiger partial charge >= 0.3 is 5.97 Å². The topological polar surface area (TPSA) is 708 Å². The Morgan fingerprint density at radius 2 is 1.19 bits per heavy atom. The molecule has 48 heteroatoms. The normalized spacial score (nSPS) is 14.7. The number of primary amides is 1. The van der Waals surface area contributed by atoms with Crippen molar-refractivity contribution in [3.05, 3.63) is 148 Å². The number of halogens is 1. The van der Waals surface area contributed by atoms with Gasteiger partial charge in [0.15, 0.2) is 5.82 Å². The van der Waals surface area contributed by atoms with Gasteiger partial charge in [0, 0.05) is 57.1 Å². The molecule has 0 saturated heterocycles. The van der Waals surface area contributed by atoms with E-state index in [-0.39, 0.29) is 56.6 Å². The molecule has 24 N–H and O–H groups in total. The molecule has 0 saturated carbocycles. The molecule has 7 rings (SSSR count). The van der Waals surface area contributed by atoms with Crippen LogP contribution < -0.4 is 95.5 Å². The Morgan fingerprint density at radius 1 is 0.569 bits per heavy atom. The molecule has 0 bridgehead atoms. The number of unbranched alkanes of at least 4 members (excludes halogenated alkanes) is 1. The smallest absolute Gasteiger partial charge is 0.305 e. The van der Waals surface area contributed by atoms with Crippen LogP contribution in [-0.2, 0) is 130 Å². The number of ether oxygens (including phenoxy) is 2. The fraction of sp³-hybridized carbons (Fsp3) is 0.500. The SMILES string of the molecule is CCc1cc(OCCCCNC(=O)[C@@H](CO)NC(=O)CNC(=O)CNC(=O)CNC(=O)CNC(=O)COC2C#CCCCCC2)ccc1-c1ccc(C[C@H](NC(=O)[C@H](CC(=O)O)NC(=O)[C@H](C)NC(=O)[C@@H](NC(=O)C(C)(Cc2ccccc2F)NC(=O)[C@@H](NC(=O)CNC(=O)[C@H](Cc2nn[nH]n2)NC(=O)C(C)(C)C(=O)NCCc2cnc[nH]2)[C@@H](C)O)[C@@H](C)O)C(=O)N[C@@H](CCCc2cc(C)cc(C)c2)C(N)=O)cc1. The number of aliphatic carboxylic acids is 1. The van der Waals surface area contributed by atoms with E-state index >= 15 is 4.39 Å². The highest BCUT2D eigenvalue weighted by Gasteiger charge is 2.44. The molecule has 780 valence electrons. The van der Waals surface area contributed by atoms with Crippen molar-refractivity contribution in [3.8, 4) is 28.7 Å². The zero-order chi connectivity index (χ0) is 106. The Labute approximate surface area is 829 Å². The summed E-state index contributed by atoms with van der Waals surface area (Å²) in [7, 11) is 0. The number of carbonyl (C=O) groups is 18. The van der Waals surface area contributed by atoms with Crippen molar-refractivity contribution in [1.82, 2.24) is 116 Å². The first-order valence-electron chi connectivity index (χ1n) is 47.0. The number of tetrazole rings is 1. The number of hydrogen-bond acceptors (Lipinski definition) is 27. The summed E-state index contributed by atoms with van der Waals surface area (Å²) in [4.78, 5) is 249. The van der Waals surface area contributed by atoms with E-state index in [1.807, 2.05) is 51.1 Å². The maximum atomic E-state index is 15.6. The number of hydrogen-bond donors (Lipinski definition) is 23. The number of aryl methyl sites for hydroxylation is 4. The van der Waals surface area contributed by atoms with Crippen LogP contribution in [0.25, 0.3) is 11.1 Å². The second-order valence-corrected chi connectivity index (χ2v) is 35.4. The summed E-state index contributed by atoms with van der Waals surface area (Å²) in [5, 5.41) is 93.9. The molecule has 0 radical (unpaired) electrons. The molecule has 17 amide bonds. The molecular weight excluding hydrogens is 1880 g/mol. The number of aliphatic hydroxyl groups is 3. The third kappa shape index (κ3) is 39.3. The zero-order valence-electron chi connectivity index (χ0n) is 81.7. The van der Waals surface area contributed by atoms with Gasteiger partial charge in [0.1, 0.15) is 83.6 Å². The summed E-state index contributed by atoms with van der Waals surface area (Å²) in [5.74, 6) is -12.4. The Balaban J connectivity index is 0.943. The molecule has 12 atom stereocenters. The fourth-order valence-corrected chi connectivity index (χ4v) is 14.8. The predicted octanol–water partition coefficient (Wildman–Crippen LogP) is -3.96. The van der Waals surface area contributed by atoms with Gasteiger partial charge in [-0.15, -0.1) is 16.1 Å². The van der Waals surface area contributed by atoms with E-state index in [1.165, 1.54) is 38.4 Å². The van der Waals surface area contributed by atoms with Gasteiger partial charge in [-0.2, -0.15) is 5.21 Å². The van der Waals surface area contributed by atoms with Crippen molar-refractivity contribution in [3.63, 3.8) is 0 Å². The highest BCUT2D eigenvalue weighted by atomic mass is 19.1. The Hall–Kier alpha value is -15.3. The first-order chi connectivity index (χ1) is 68.4. The van der Waals surface area contributed by atoms with E-state index in [9.17, 15) is 107 Å². The van der Waals surface area contributed by atoms with Crippen LogP contribution in [0, 0.1) is 36.9 Å². The zero-order valence-corrected chi connectivity index (χ0v) is 81.7. The van der Waals surface area contributed by atoms with Gasteiger partial charge in [0.25, 0.3) is 0 Å². The first-order valence-corrected chi connectivity index (χ1v) is 47.0. The fourth-order valence-electron chi connectivity index (χ4n) is 14.8. The van der Waals surface area contributed by atoms with Crippen LogP contribution in [-0.4, -0.2) is 295 Å². The van der Waals surface area contributed by atoms with Crippen LogP contribution in [0.2, 0.25) is 0 Å². The van der Waals surface area contributed by atoms with E-state index in [2.05, 4.69) is 128 Å². The van der Waals surface area contributed by atoms with Crippen molar-refractivity contribution in [2.45, 2.75) is 237 Å². The van der Waals surface area contributed by atoms with Gasteiger partial charge in [-0.1, -0.05) is 102 Å². The lowest BCUT2D eigenvalue weighted by Gasteiger charge is -2.34. The average Bonchev–Trinajstić information content (AvgIpc) is 0.946. The van der Waals surface area contributed by atoms with E-state index in [4.69, 9.17) is 15.2 Å².